The van der Waals surface area contributed by atoms with E-state index in [-0.39, 0.29) is 30.1 Å². The molecule has 0 spiro atoms. The Bertz CT molecular complexity index is 997. The van der Waals surface area contributed by atoms with Crippen molar-refractivity contribution in [2.75, 3.05) is 0 Å². The predicted octanol–water partition coefficient (Wildman–Crippen LogP) is 3.78. The highest BCUT2D eigenvalue weighted by molar-refractivity contribution is 5.76. The zero-order valence-electron chi connectivity index (χ0n) is 17.2. The van der Waals surface area contributed by atoms with E-state index in [1.165, 1.54) is 16.3 Å². The number of nitrogens with zero attached hydrogens (tertiary/aromatic N) is 3. The van der Waals surface area contributed by atoms with E-state index in [0.717, 1.165) is 12.0 Å². The summed E-state index contributed by atoms with van der Waals surface area (Å²) < 4.78 is 1.26. The Hall–Kier alpha value is -3.21. The van der Waals surface area contributed by atoms with Gasteiger partial charge in [0.2, 0.25) is 5.91 Å². The summed E-state index contributed by atoms with van der Waals surface area (Å²) in [6, 6.07) is 22.9. The lowest BCUT2D eigenvalue weighted by molar-refractivity contribution is -0.136. The van der Waals surface area contributed by atoms with Gasteiger partial charge in [-0.25, -0.2) is 4.68 Å². The van der Waals surface area contributed by atoms with Gasteiger partial charge in [0.25, 0.3) is 5.56 Å². The first-order valence-electron chi connectivity index (χ1n) is 9.94. The minimum atomic E-state index is -0.280. The van der Waals surface area contributed by atoms with Crippen LogP contribution in [-0.4, -0.2) is 32.7 Å². The predicted molar refractivity (Wildman–Crippen MR) is 116 cm³/mol. The fourth-order valence-corrected chi connectivity index (χ4v) is 3.63. The van der Waals surface area contributed by atoms with Gasteiger partial charge in [0.15, 0.2) is 0 Å². The van der Waals surface area contributed by atoms with E-state index in [1.54, 1.807) is 6.07 Å². The quantitative estimate of drug-likeness (QED) is 0.618. The van der Waals surface area contributed by atoms with Crippen LogP contribution >= 0.6 is 0 Å². The molecule has 0 saturated carbocycles. The molecule has 0 aliphatic rings. The summed E-state index contributed by atoms with van der Waals surface area (Å²) in [5.41, 5.74) is 2.48. The normalized spacial score (nSPS) is 12.0. The van der Waals surface area contributed by atoms with E-state index in [9.17, 15) is 9.59 Å². The fourth-order valence-electron chi connectivity index (χ4n) is 3.63. The van der Waals surface area contributed by atoms with Gasteiger partial charge in [-0.1, -0.05) is 60.7 Å². The molecule has 1 heterocycles. The van der Waals surface area contributed by atoms with E-state index >= 15 is 0 Å². The number of aromatic nitrogens is 2. The lowest BCUT2D eigenvalue weighted by Gasteiger charge is -2.33. The van der Waals surface area contributed by atoms with Gasteiger partial charge < -0.3 is 4.90 Å². The molecule has 3 aromatic rings. The first-order valence-corrected chi connectivity index (χ1v) is 9.94. The van der Waals surface area contributed by atoms with Crippen molar-refractivity contribution in [3.05, 3.63) is 88.7 Å². The molecule has 2 aromatic carbocycles. The Kier molecular flexibility index (Phi) is 6.60. The van der Waals surface area contributed by atoms with Gasteiger partial charge in [0, 0.05) is 23.7 Å². The van der Waals surface area contributed by atoms with Gasteiger partial charge in [-0.15, -0.1) is 0 Å². The first-order chi connectivity index (χ1) is 14.0. The Morgan fingerprint density at radius 3 is 2.17 bits per heavy atom. The van der Waals surface area contributed by atoms with Crippen molar-refractivity contribution >= 4 is 5.91 Å². The molecule has 1 aromatic heterocycles. The summed E-state index contributed by atoms with van der Waals surface area (Å²) in [6.07, 6.45) is 0.761. The van der Waals surface area contributed by atoms with Crippen molar-refractivity contribution in [1.29, 1.82) is 0 Å². The van der Waals surface area contributed by atoms with E-state index in [4.69, 9.17) is 0 Å². The van der Waals surface area contributed by atoms with Crippen LogP contribution in [0.3, 0.4) is 0 Å². The van der Waals surface area contributed by atoms with Crippen molar-refractivity contribution in [2.45, 2.75) is 45.8 Å². The molecular weight excluding hydrogens is 362 g/mol. The number of rotatable bonds is 7. The molecule has 0 radical (unpaired) electrons. The monoisotopic (exact) mass is 389 g/mol. The molecule has 1 atom stereocenters. The van der Waals surface area contributed by atoms with Crippen molar-refractivity contribution in [1.82, 2.24) is 14.7 Å². The van der Waals surface area contributed by atoms with Gasteiger partial charge in [-0.05, 0) is 38.8 Å². The number of carbonyl (C=O) groups is 1. The molecule has 0 fully saturated rings. The van der Waals surface area contributed by atoms with Gasteiger partial charge in [0.1, 0.15) is 6.54 Å². The Morgan fingerprint density at radius 2 is 1.55 bits per heavy atom. The summed E-state index contributed by atoms with van der Waals surface area (Å²) in [4.78, 5) is 27.3. The van der Waals surface area contributed by atoms with Crippen LogP contribution in [0.4, 0.5) is 0 Å². The van der Waals surface area contributed by atoms with Gasteiger partial charge in [-0.3, -0.25) is 9.59 Å². The number of carbonyl (C=O) groups excluding carboxylic acids is 1. The summed E-state index contributed by atoms with van der Waals surface area (Å²) >= 11 is 0. The summed E-state index contributed by atoms with van der Waals surface area (Å²) in [5, 5.41) is 4.42. The second-order valence-electron chi connectivity index (χ2n) is 7.51. The average Bonchev–Trinajstić information content (AvgIpc) is 2.71. The smallest absolute Gasteiger partial charge is 0.267 e. The zero-order chi connectivity index (χ0) is 20.8. The van der Waals surface area contributed by atoms with Crippen molar-refractivity contribution in [3.8, 4) is 11.3 Å². The van der Waals surface area contributed by atoms with Crippen molar-refractivity contribution in [3.63, 3.8) is 0 Å². The molecule has 1 unspecified atom stereocenters. The highest BCUT2D eigenvalue weighted by Gasteiger charge is 2.24. The summed E-state index contributed by atoms with van der Waals surface area (Å²) in [5.74, 6) is -0.108. The maximum Gasteiger partial charge on any atom is 0.267 e. The van der Waals surface area contributed by atoms with Crippen LogP contribution in [0.2, 0.25) is 0 Å². The van der Waals surface area contributed by atoms with Gasteiger partial charge in [0.05, 0.1) is 5.69 Å². The molecular formula is C24H27N3O2. The van der Waals surface area contributed by atoms with Crippen LogP contribution in [0, 0.1) is 0 Å². The minimum Gasteiger partial charge on any atom is -0.336 e. The molecule has 5 heteroatoms. The molecule has 5 nitrogen and oxygen atoms in total. The molecule has 0 N–H and O–H groups in total. The zero-order valence-corrected chi connectivity index (χ0v) is 17.2. The number of hydrogen-bond donors (Lipinski definition) is 0. The average molecular weight is 389 g/mol. The summed E-state index contributed by atoms with van der Waals surface area (Å²) in [7, 11) is 0. The van der Waals surface area contributed by atoms with Crippen LogP contribution in [0.15, 0.2) is 77.6 Å². The van der Waals surface area contributed by atoms with E-state index in [2.05, 4.69) is 17.2 Å². The van der Waals surface area contributed by atoms with E-state index in [0.29, 0.717) is 5.69 Å². The molecule has 0 saturated heterocycles. The Morgan fingerprint density at radius 1 is 0.931 bits per heavy atom. The molecule has 0 aliphatic carbocycles. The summed E-state index contributed by atoms with van der Waals surface area (Å²) in [6.45, 7) is 5.96. The number of amides is 1. The maximum absolute atomic E-state index is 13.1. The lowest BCUT2D eigenvalue weighted by Crippen LogP contribution is -2.47. The second kappa shape index (κ2) is 9.32. The number of hydrogen-bond acceptors (Lipinski definition) is 3. The SMILES string of the molecule is CC(C)N(C(=O)Cn1nc(-c2ccccc2)ccc1=O)C(C)Cc1ccccc1. The Labute approximate surface area is 171 Å². The molecule has 3 rings (SSSR count). The lowest BCUT2D eigenvalue weighted by atomic mass is 10.0. The fraction of sp³-hybridized carbons (Fsp3) is 0.292. The third-order valence-corrected chi connectivity index (χ3v) is 4.91. The Balaban J connectivity index is 1.80. The van der Waals surface area contributed by atoms with Crippen molar-refractivity contribution in [2.24, 2.45) is 0 Å². The molecule has 0 aliphatic heterocycles. The topological polar surface area (TPSA) is 55.2 Å². The molecule has 0 bridgehead atoms. The van der Waals surface area contributed by atoms with Crippen LogP contribution in [-0.2, 0) is 17.8 Å². The van der Waals surface area contributed by atoms with E-state index in [1.807, 2.05) is 74.2 Å². The number of benzene rings is 2. The highest BCUT2D eigenvalue weighted by atomic mass is 16.2. The third-order valence-electron chi connectivity index (χ3n) is 4.91. The van der Waals surface area contributed by atoms with E-state index < -0.39 is 0 Å². The van der Waals surface area contributed by atoms with Crippen LogP contribution in [0.5, 0.6) is 0 Å². The third kappa shape index (κ3) is 5.19. The van der Waals surface area contributed by atoms with Crippen LogP contribution in [0.1, 0.15) is 26.3 Å². The van der Waals surface area contributed by atoms with Crippen LogP contribution < -0.4 is 5.56 Å². The largest absolute Gasteiger partial charge is 0.336 e. The van der Waals surface area contributed by atoms with Crippen molar-refractivity contribution < 1.29 is 4.79 Å². The molecule has 1 amide bonds. The standard InChI is InChI=1S/C24H27N3O2/c1-18(2)27(19(3)16-20-10-6-4-7-11-20)24(29)17-26-23(28)15-14-22(25-26)21-12-8-5-9-13-21/h4-15,18-19H,16-17H2,1-3H3. The second-order valence-corrected chi connectivity index (χ2v) is 7.51. The van der Waals surface area contributed by atoms with Gasteiger partial charge >= 0.3 is 0 Å². The van der Waals surface area contributed by atoms with Gasteiger partial charge in [-0.2, -0.15) is 5.10 Å². The first kappa shape index (κ1) is 20.5. The maximum atomic E-state index is 13.1. The molecule has 150 valence electrons. The molecule has 29 heavy (non-hydrogen) atoms. The minimum absolute atomic E-state index is 0.0120. The van der Waals surface area contributed by atoms with Crippen LogP contribution in [0.25, 0.3) is 11.3 Å². The highest BCUT2D eigenvalue weighted by Crippen LogP contribution is 2.15.